The van der Waals surface area contributed by atoms with E-state index < -0.39 is 0 Å². The van der Waals surface area contributed by atoms with Gasteiger partial charge in [0.25, 0.3) is 0 Å². The number of likely N-dealkylation sites (tertiary alicyclic amines) is 1. The Morgan fingerprint density at radius 2 is 2.05 bits per heavy atom. The monoisotopic (exact) mass is 262 g/mol. The van der Waals surface area contributed by atoms with E-state index in [9.17, 15) is 4.79 Å². The summed E-state index contributed by atoms with van der Waals surface area (Å²) >= 11 is 0. The van der Waals surface area contributed by atoms with E-state index in [0.29, 0.717) is 17.9 Å². The smallest absolute Gasteiger partial charge is 0.338 e. The summed E-state index contributed by atoms with van der Waals surface area (Å²) in [5, 5.41) is 0. The van der Waals surface area contributed by atoms with Gasteiger partial charge in [0.15, 0.2) is 0 Å². The van der Waals surface area contributed by atoms with Gasteiger partial charge in [-0.15, -0.1) is 0 Å². The topological polar surface area (TPSA) is 55.6 Å². The highest BCUT2D eigenvalue weighted by Crippen LogP contribution is 2.19. The van der Waals surface area contributed by atoms with Gasteiger partial charge in [-0.2, -0.15) is 0 Å². The molecule has 2 rings (SSSR count). The summed E-state index contributed by atoms with van der Waals surface area (Å²) in [6, 6.07) is 5.46. The van der Waals surface area contributed by atoms with Crippen LogP contribution in [0.25, 0.3) is 0 Å². The van der Waals surface area contributed by atoms with Gasteiger partial charge < -0.3 is 10.5 Å². The Kier molecular flexibility index (Phi) is 4.80. The zero-order chi connectivity index (χ0) is 13.7. The number of piperidine rings is 1. The van der Waals surface area contributed by atoms with Crippen LogP contribution in [-0.4, -0.2) is 30.6 Å². The second-order valence-electron chi connectivity index (χ2n) is 4.97. The summed E-state index contributed by atoms with van der Waals surface area (Å²) in [5.74, 6) is -0.307. The zero-order valence-corrected chi connectivity index (χ0v) is 11.5. The van der Waals surface area contributed by atoms with Crippen molar-refractivity contribution in [2.45, 2.75) is 32.7 Å². The molecule has 0 unspecified atom stereocenters. The lowest BCUT2D eigenvalue weighted by atomic mass is 10.1. The Bertz CT molecular complexity index is 440. The average Bonchev–Trinajstić information content (AvgIpc) is 2.42. The van der Waals surface area contributed by atoms with E-state index in [1.54, 1.807) is 19.1 Å². The van der Waals surface area contributed by atoms with Crippen molar-refractivity contribution in [1.82, 2.24) is 4.90 Å². The fourth-order valence-electron chi connectivity index (χ4n) is 2.44. The van der Waals surface area contributed by atoms with E-state index >= 15 is 0 Å². The van der Waals surface area contributed by atoms with Crippen molar-refractivity contribution in [3.8, 4) is 0 Å². The maximum absolute atomic E-state index is 11.6. The minimum Gasteiger partial charge on any atom is -0.462 e. The van der Waals surface area contributed by atoms with Crippen LogP contribution < -0.4 is 5.73 Å². The van der Waals surface area contributed by atoms with E-state index in [-0.39, 0.29) is 5.97 Å². The lowest BCUT2D eigenvalue weighted by Crippen LogP contribution is -2.29. The zero-order valence-electron chi connectivity index (χ0n) is 11.5. The van der Waals surface area contributed by atoms with Crippen molar-refractivity contribution in [3.05, 3.63) is 29.3 Å². The minimum atomic E-state index is -0.307. The van der Waals surface area contributed by atoms with Crippen LogP contribution in [0, 0.1) is 0 Å². The number of nitrogens with two attached hydrogens (primary N) is 1. The Labute approximate surface area is 114 Å². The molecule has 0 saturated carbocycles. The molecule has 1 aliphatic rings. The fourth-order valence-corrected chi connectivity index (χ4v) is 2.44. The van der Waals surface area contributed by atoms with Gasteiger partial charge in [-0.1, -0.05) is 12.5 Å². The normalized spacial score (nSPS) is 16.3. The Morgan fingerprint density at radius 3 is 2.68 bits per heavy atom. The van der Waals surface area contributed by atoms with Crippen molar-refractivity contribution < 1.29 is 9.53 Å². The highest BCUT2D eigenvalue weighted by molar-refractivity contribution is 5.90. The quantitative estimate of drug-likeness (QED) is 0.669. The second-order valence-corrected chi connectivity index (χ2v) is 4.97. The molecule has 1 aromatic rings. The summed E-state index contributed by atoms with van der Waals surface area (Å²) < 4.78 is 4.97. The van der Waals surface area contributed by atoms with Gasteiger partial charge in [0.2, 0.25) is 0 Å². The molecule has 19 heavy (non-hydrogen) atoms. The number of carbonyl (C=O) groups excluding carboxylic acids is 1. The molecule has 0 aromatic heterocycles. The Balaban J connectivity index is 2.04. The van der Waals surface area contributed by atoms with Crippen molar-refractivity contribution in [1.29, 1.82) is 0 Å². The molecule has 4 nitrogen and oxygen atoms in total. The molecule has 1 heterocycles. The molecule has 1 saturated heterocycles. The molecule has 1 aromatic carbocycles. The first-order chi connectivity index (χ1) is 9.20. The molecule has 1 fully saturated rings. The van der Waals surface area contributed by atoms with Crippen LogP contribution in [0.1, 0.15) is 42.1 Å². The molecule has 0 bridgehead atoms. The highest BCUT2D eigenvalue weighted by atomic mass is 16.5. The van der Waals surface area contributed by atoms with Crippen LogP contribution in [0.4, 0.5) is 5.69 Å². The van der Waals surface area contributed by atoms with Gasteiger partial charge >= 0.3 is 5.97 Å². The van der Waals surface area contributed by atoms with E-state index in [1.165, 1.54) is 19.3 Å². The molecule has 0 radical (unpaired) electrons. The predicted molar refractivity (Wildman–Crippen MR) is 75.9 cm³/mol. The molecule has 104 valence electrons. The van der Waals surface area contributed by atoms with Crippen LogP contribution in [0.15, 0.2) is 18.2 Å². The van der Waals surface area contributed by atoms with Gasteiger partial charge in [-0.25, -0.2) is 4.79 Å². The van der Waals surface area contributed by atoms with E-state index in [4.69, 9.17) is 10.5 Å². The number of hydrogen-bond donors (Lipinski definition) is 1. The number of benzene rings is 1. The number of esters is 1. The molecule has 0 amide bonds. The molecular formula is C15H22N2O2. The third-order valence-electron chi connectivity index (χ3n) is 3.50. The first-order valence-corrected chi connectivity index (χ1v) is 6.98. The minimum absolute atomic E-state index is 0.307. The Hall–Kier alpha value is -1.55. The number of ether oxygens (including phenoxy) is 1. The average molecular weight is 262 g/mol. The van der Waals surface area contributed by atoms with Crippen LogP contribution in [-0.2, 0) is 11.3 Å². The maximum atomic E-state index is 11.6. The van der Waals surface area contributed by atoms with Crippen molar-refractivity contribution in [3.63, 3.8) is 0 Å². The van der Waals surface area contributed by atoms with Crippen LogP contribution >= 0.6 is 0 Å². The molecule has 0 spiro atoms. The number of nitrogens with zero attached hydrogens (tertiary/aromatic N) is 1. The lowest BCUT2D eigenvalue weighted by Gasteiger charge is -2.26. The van der Waals surface area contributed by atoms with Gasteiger partial charge in [-0.05, 0) is 50.6 Å². The van der Waals surface area contributed by atoms with E-state index in [1.807, 2.05) is 6.07 Å². The number of carbonyl (C=O) groups is 1. The molecule has 1 aliphatic heterocycles. The molecule has 0 atom stereocenters. The molecule has 0 aliphatic carbocycles. The van der Waals surface area contributed by atoms with Crippen molar-refractivity contribution in [2.24, 2.45) is 0 Å². The van der Waals surface area contributed by atoms with Crippen molar-refractivity contribution >= 4 is 11.7 Å². The van der Waals surface area contributed by atoms with E-state index in [2.05, 4.69) is 4.90 Å². The van der Waals surface area contributed by atoms with Crippen LogP contribution in [0.3, 0.4) is 0 Å². The van der Waals surface area contributed by atoms with Gasteiger partial charge in [0.05, 0.1) is 12.2 Å². The molecule has 4 heteroatoms. The summed E-state index contributed by atoms with van der Waals surface area (Å²) in [5.41, 5.74) is 8.34. The predicted octanol–water partition coefficient (Wildman–Crippen LogP) is 2.43. The second kappa shape index (κ2) is 6.57. The molecular weight excluding hydrogens is 240 g/mol. The SMILES string of the molecule is CCOC(=O)c1ccc(CN2CCCCC2)c(N)c1. The summed E-state index contributed by atoms with van der Waals surface area (Å²) in [7, 11) is 0. The third kappa shape index (κ3) is 3.70. The van der Waals surface area contributed by atoms with Crippen LogP contribution in [0.2, 0.25) is 0 Å². The van der Waals surface area contributed by atoms with Crippen molar-refractivity contribution in [2.75, 3.05) is 25.4 Å². The first-order valence-electron chi connectivity index (χ1n) is 6.98. The number of hydrogen-bond acceptors (Lipinski definition) is 4. The summed E-state index contributed by atoms with van der Waals surface area (Å²) in [4.78, 5) is 14.0. The largest absolute Gasteiger partial charge is 0.462 e. The summed E-state index contributed by atoms with van der Waals surface area (Å²) in [6.45, 7) is 5.33. The maximum Gasteiger partial charge on any atom is 0.338 e. The van der Waals surface area contributed by atoms with E-state index in [0.717, 1.165) is 25.2 Å². The third-order valence-corrected chi connectivity index (χ3v) is 3.50. The molecule has 2 N–H and O–H groups in total. The fraction of sp³-hybridized carbons (Fsp3) is 0.533. The van der Waals surface area contributed by atoms with Crippen LogP contribution in [0.5, 0.6) is 0 Å². The van der Waals surface area contributed by atoms with Gasteiger partial charge in [-0.3, -0.25) is 4.90 Å². The van der Waals surface area contributed by atoms with Gasteiger partial charge in [0, 0.05) is 12.2 Å². The number of rotatable bonds is 4. The number of anilines is 1. The highest BCUT2D eigenvalue weighted by Gasteiger charge is 2.13. The number of nitrogen functional groups attached to an aromatic ring is 1. The standard InChI is InChI=1S/C15H22N2O2/c1-2-19-15(18)12-6-7-13(14(16)10-12)11-17-8-4-3-5-9-17/h6-7,10H,2-5,8-9,11,16H2,1H3. The summed E-state index contributed by atoms with van der Waals surface area (Å²) in [6.07, 6.45) is 3.86. The first kappa shape index (κ1) is 13.9. The Morgan fingerprint density at radius 1 is 1.32 bits per heavy atom. The lowest BCUT2D eigenvalue weighted by molar-refractivity contribution is 0.0526. The van der Waals surface area contributed by atoms with Gasteiger partial charge in [0.1, 0.15) is 0 Å².